The van der Waals surface area contributed by atoms with Gasteiger partial charge in [-0.15, -0.1) is 0 Å². The van der Waals surface area contributed by atoms with E-state index in [-0.39, 0.29) is 16.8 Å². The molecule has 0 saturated heterocycles. The van der Waals surface area contributed by atoms with Crippen LogP contribution in [0, 0.1) is 5.92 Å². The van der Waals surface area contributed by atoms with Gasteiger partial charge in [-0.25, -0.2) is 0 Å². The number of aliphatic imine (C=N–C) groups is 1. The Morgan fingerprint density at radius 1 is 1.13 bits per heavy atom. The average Bonchev–Trinajstić information content (AvgIpc) is 3.30. The molecule has 3 aromatic carbocycles. The highest BCUT2D eigenvalue weighted by atomic mass is 35.5. The molecule has 156 valence electrons. The van der Waals surface area contributed by atoms with E-state index < -0.39 is 0 Å². The Kier molecular flexibility index (Phi) is 5.16. The number of para-hydroxylation sites is 1. The monoisotopic (exact) mass is 430 g/mol. The molecule has 0 unspecified atom stereocenters. The molecule has 0 fully saturated rings. The van der Waals surface area contributed by atoms with Crippen LogP contribution in [0.5, 0.6) is 11.5 Å². The van der Waals surface area contributed by atoms with Gasteiger partial charge in [0.2, 0.25) is 0 Å². The van der Waals surface area contributed by atoms with Crippen molar-refractivity contribution in [1.82, 2.24) is 0 Å². The van der Waals surface area contributed by atoms with Gasteiger partial charge in [0.25, 0.3) is 0 Å². The second-order valence-corrected chi connectivity index (χ2v) is 8.37. The van der Waals surface area contributed by atoms with Crippen molar-refractivity contribution in [2.75, 3.05) is 12.4 Å². The molecule has 0 aromatic heterocycles. The van der Waals surface area contributed by atoms with Gasteiger partial charge in [0.05, 0.1) is 23.9 Å². The number of rotatable bonds is 4. The van der Waals surface area contributed by atoms with Crippen LogP contribution in [0.25, 0.3) is 0 Å². The fraction of sp³-hybridized carbons (Fsp3) is 0.192. The summed E-state index contributed by atoms with van der Waals surface area (Å²) < 4.78 is 5.15. The van der Waals surface area contributed by atoms with Crippen molar-refractivity contribution in [2.45, 2.75) is 18.4 Å². The zero-order valence-electron chi connectivity index (χ0n) is 17.1. The molecule has 0 bridgehead atoms. The maximum absolute atomic E-state index is 9.88. The van der Waals surface area contributed by atoms with Gasteiger partial charge in [0.1, 0.15) is 0 Å². The van der Waals surface area contributed by atoms with E-state index >= 15 is 0 Å². The van der Waals surface area contributed by atoms with Gasteiger partial charge in [-0.3, -0.25) is 4.99 Å². The molecule has 2 aliphatic rings. The number of halogens is 1. The first kappa shape index (κ1) is 19.7. The summed E-state index contributed by atoms with van der Waals surface area (Å²) in [4.78, 5) is 4.56. The fourth-order valence-electron chi connectivity index (χ4n) is 4.61. The molecule has 1 aliphatic heterocycles. The number of hydrogen-bond acceptors (Lipinski definition) is 4. The number of phenolic OH excluding ortho intramolecular Hbond substituents is 1. The smallest absolute Gasteiger partial charge is 0.176 e. The quantitative estimate of drug-likeness (QED) is 0.360. The van der Waals surface area contributed by atoms with Crippen LogP contribution in [0.3, 0.4) is 0 Å². The van der Waals surface area contributed by atoms with Gasteiger partial charge >= 0.3 is 0 Å². The maximum atomic E-state index is 9.88. The molecule has 0 radical (unpaired) electrons. The topological polar surface area (TPSA) is 53.8 Å². The predicted octanol–water partition coefficient (Wildman–Crippen LogP) is 6.63. The highest BCUT2D eigenvalue weighted by Crippen LogP contribution is 2.49. The summed E-state index contributed by atoms with van der Waals surface area (Å²) in [5.41, 5.74) is 5.49. The molecule has 31 heavy (non-hydrogen) atoms. The van der Waals surface area contributed by atoms with Crippen LogP contribution in [-0.2, 0) is 0 Å². The molecule has 2 N–H and O–H groups in total. The number of allylic oxidation sites excluding steroid dienone is 2. The molecule has 0 saturated carbocycles. The molecule has 5 heteroatoms. The van der Waals surface area contributed by atoms with E-state index in [4.69, 9.17) is 16.3 Å². The van der Waals surface area contributed by atoms with E-state index in [1.165, 1.54) is 23.9 Å². The SMILES string of the molecule is COc1cc(C=Nc2ccc([C@@H]3Nc4ccccc4[C@@H]4C=CC[C@@H]43)cc2)cc(Cl)c1O. The largest absolute Gasteiger partial charge is 0.503 e. The number of phenols is 1. The van der Waals surface area contributed by atoms with Crippen molar-refractivity contribution in [3.63, 3.8) is 0 Å². The Hall–Kier alpha value is -3.24. The van der Waals surface area contributed by atoms with Crippen molar-refractivity contribution in [3.05, 3.63) is 94.5 Å². The lowest BCUT2D eigenvalue weighted by Crippen LogP contribution is -2.28. The van der Waals surface area contributed by atoms with Gasteiger partial charge in [-0.2, -0.15) is 0 Å². The summed E-state index contributed by atoms with van der Waals surface area (Å²) in [6.07, 6.45) is 7.46. The van der Waals surface area contributed by atoms with E-state index in [1.54, 1.807) is 18.3 Å². The van der Waals surface area contributed by atoms with Crippen LogP contribution in [-0.4, -0.2) is 18.4 Å². The van der Waals surface area contributed by atoms with Crippen LogP contribution >= 0.6 is 11.6 Å². The van der Waals surface area contributed by atoms with Gasteiger partial charge < -0.3 is 15.2 Å². The van der Waals surface area contributed by atoms with E-state index in [9.17, 15) is 5.11 Å². The summed E-state index contributed by atoms with van der Waals surface area (Å²) in [5, 5.41) is 13.9. The van der Waals surface area contributed by atoms with Gasteiger partial charge in [0, 0.05) is 17.8 Å². The normalized spacial score (nSPS) is 21.5. The Balaban J connectivity index is 1.37. The minimum Gasteiger partial charge on any atom is -0.503 e. The molecule has 3 aromatic rings. The van der Waals surface area contributed by atoms with Crippen molar-refractivity contribution < 1.29 is 9.84 Å². The number of nitrogens with one attached hydrogen (secondary N) is 1. The molecule has 0 amide bonds. The highest BCUT2D eigenvalue weighted by Gasteiger charge is 2.37. The Labute approximate surface area is 186 Å². The van der Waals surface area contributed by atoms with E-state index in [0.717, 1.165) is 17.7 Å². The Bertz CT molecular complexity index is 1170. The van der Waals surface area contributed by atoms with Crippen LogP contribution in [0.2, 0.25) is 5.02 Å². The number of methoxy groups -OCH3 is 1. The lowest BCUT2D eigenvalue weighted by molar-refractivity contribution is 0.373. The molecular weight excluding hydrogens is 408 g/mol. The first-order valence-corrected chi connectivity index (χ1v) is 10.7. The first-order valence-electron chi connectivity index (χ1n) is 10.4. The maximum Gasteiger partial charge on any atom is 0.176 e. The van der Waals surface area contributed by atoms with Gasteiger partial charge in [-0.05, 0) is 59.4 Å². The number of fused-ring (bicyclic) bond motifs is 3. The number of aromatic hydroxyl groups is 1. The lowest BCUT2D eigenvalue weighted by Gasteiger charge is -2.37. The number of hydrogen-bond donors (Lipinski definition) is 2. The summed E-state index contributed by atoms with van der Waals surface area (Å²) in [7, 11) is 1.49. The third kappa shape index (κ3) is 3.68. The summed E-state index contributed by atoms with van der Waals surface area (Å²) in [5.74, 6) is 1.25. The van der Waals surface area contributed by atoms with Crippen LogP contribution in [0.4, 0.5) is 11.4 Å². The molecule has 1 heterocycles. The minimum atomic E-state index is -0.0630. The van der Waals surface area contributed by atoms with Crippen molar-refractivity contribution in [3.8, 4) is 11.5 Å². The molecule has 0 spiro atoms. The van der Waals surface area contributed by atoms with E-state index in [2.05, 4.69) is 58.9 Å². The van der Waals surface area contributed by atoms with Crippen molar-refractivity contribution in [2.24, 2.45) is 10.9 Å². The Morgan fingerprint density at radius 3 is 2.74 bits per heavy atom. The number of ether oxygens (including phenoxy) is 1. The second kappa shape index (κ2) is 8.12. The third-order valence-corrected chi connectivity index (χ3v) is 6.45. The fourth-order valence-corrected chi connectivity index (χ4v) is 4.83. The van der Waals surface area contributed by atoms with Crippen LogP contribution < -0.4 is 10.1 Å². The molecule has 3 atom stereocenters. The van der Waals surface area contributed by atoms with Gasteiger partial charge in [0.15, 0.2) is 11.5 Å². The van der Waals surface area contributed by atoms with Gasteiger partial charge in [-0.1, -0.05) is 54.1 Å². The van der Waals surface area contributed by atoms with Crippen molar-refractivity contribution >= 4 is 29.2 Å². The predicted molar refractivity (Wildman–Crippen MR) is 126 cm³/mol. The summed E-state index contributed by atoms with van der Waals surface area (Å²) in [6, 6.07) is 20.6. The molecule has 4 nitrogen and oxygen atoms in total. The number of nitrogens with zero attached hydrogens (tertiary/aromatic N) is 1. The Morgan fingerprint density at radius 2 is 1.94 bits per heavy atom. The standard InChI is InChI=1S/C26H23ClN2O2/c1-31-24-14-16(13-22(27)26(24)30)15-28-18-11-9-17(10-12-18)25-21-7-4-6-19(21)20-5-2-3-8-23(20)29-25/h2-6,8-15,19,21,25,29-30H,7H2,1H3/t19-,21-,25-/m0/s1. The first-order chi connectivity index (χ1) is 15.1. The summed E-state index contributed by atoms with van der Waals surface area (Å²) in [6.45, 7) is 0. The zero-order chi connectivity index (χ0) is 21.4. The number of anilines is 1. The average molecular weight is 431 g/mol. The second-order valence-electron chi connectivity index (χ2n) is 7.97. The number of benzene rings is 3. The molecule has 1 aliphatic carbocycles. The molecule has 5 rings (SSSR count). The molecular formula is C26H23ClN2O2. The highest BCUT2D eigenvalue weighted by molar-refractivity contribution is 6.32. The van der Waals surface area contributed by atoms with Crippen LogP contribution in [0.15, 0.2) is 77.8 Å². The van der Waals surface area contributed by atoms with E-state index in [0.29, 0.717) is 17.6 Å². The van der Waals surface area contributed by atoms with Crippen LogP contribution in [0.1, 0.15) is 35.1 Å². The summed E-state index contributed by atoms with van der Waals surface area (Å²) >= 11 is 6.06. The zero-order valence-corrected chi connectivity index (χ0v) is 17.9. The van der Waals surface area contributed by atoms with E-state index in [1.807, 2.05) is 12.1 Å². The lowest BCUT2D eigenvalue weighted by atomic mass is 9.77. The third-order valence-electron chi connectivity index (χ3n) is 6.16. The minimum absolute atomic E-state index is 0.0630. The van der Waals surface area contributed by atoms with Crippen molar-refractivity contribution in [1.29, 1.82) is 0 Å².